The summed E-state index contributed by atoms with van der Waals surface area (Å²) in [5.41, 5.74) is 5.72. The third kappa shape index (κ3) is 1.25. The minimum absolute atomic E-state index is 0.255. The van der Waals surface area contributed by atoms with Gasteiger partial charge >= 0.3 is 0 Å². The molecule has 9 heavy (non-hydrogen) atoms. The van der Waals surface area contributed by atoms with Crippen LogP contribution < -0.4 is 5.73 Å². The smallest absolute Gasteiger partial charge is 0.0476 e. The van der Waals surface area contributed by atoms with Crippen LogP contribution in [0.1, 0.15) is 19.8 Å². The average Bonchev–Trinajstić information content (AvgIpc) is 2.12. The first kappa shape index (κ1) is 7.03. The van der Waals surface area contributed by atoms with Gasteiger partial charge in [0.05, 0.1) is 0 Å². The second-order valence-electron chi connectivity index (χ2n) is 3.06. The van der Waals surface area contributed by atoms with E-state index in [4.69, 9.17) is 10.8 Å². The Morgan fingerprint density at radius 1 is 1.56 bits per heavy atom. The first-order valence-electron chi connectivity index (χ1n) is 3.62. The van der Waals surface area contributed by atoms with E-state index in [1.54, 1.807) is 0 Å². The summed E-state index contributed by atoms with van der Waals surface area (Å²) in [4.78, 5) is 0. The normalized spacial score (nSPS) is 43.7. The zero-order valence-electron chi connectivity index (χ0n) is 5.88. The maximum Gasteiger partial charge on any atom is 0.0476 e. The van der Waals surface area contributed by atoms with Crippen LogP contribution in [0.5, 0.6) is 0 Å². The Morgan fingerprint density at radius 2 is 2.22 bits per heavy atom. The summed E-state index contributed by atoms with van der Waals surface area (Å²) in [7, 11) is 0. The lowest BCUT2D eigenvalue weighted by Crippen LogP contribution is -2.29. The van der Waals surface area contributed by atoms with E-state index in [1.165, 1.54) is 6.42 Å². The zero-order chi connectivity index (χ0) is 6.85. The SMILES string of the molecule is C[C@@H]1CC[C@@H](N)[C@@H]1CO. The van der Waals surface area contributed by atoms with Crippen LogP contribution in [-0.4, -0.2) is 17.8 Å². The molecule has 0 heterocycles. The monoisotopic (exact) mass is 129 g/mol. The van der Waals surface area contributed by atoms with Gasteiger partial charge in [-0.3, -0.25) is 0 Å². The maximum absolute atomic E-state index is 8.83. The van der Waals surface area contributed by atoms with E-state index in [-0.39, 0.29) is 12.6 Å². The zero-order valence-corrected chi connectivity index (χ0v) is 5.88. The highest BCUT2D eigenvalue weighted by atomic mass is 16.3. The lowest BCUT2D eigenvalue weighted by molar-refractivity contribution is 0.190. The lowest BCUT2D eigenvalue weighted by Gasteiger charge is -2.15. The van der Waals surface area contributed by atoms with Crippen LogP contribution in [0.3, 0.4) is 0 Å². The van der Waals surface area contributed by atoms with Crippen LogP contribution in [0, 0.1) is 11.8 Å². The molecular weight excluding hydrogens is 114 g/mol. The van der Waals surface area contributed by atoms with Crippen molar-refractivity contribution in [1.29, 1.82) is 0 Å². The fraction of sp³-hybridized carbons (Fsp3) is 1.00. The molecule has 3 N–H and O–H groups in total. The van der Waals surface area contributed by atoms with Crippen LogP contribution in [0.4, 0.5) is 0 Å². The Bertz CT molecular complexity index is 84.9. The van der Waals surface area contributed by atoms with Crippen LogP contribution in [0.25, 0.3) is 0 Å². The summed E-state index contributed by atoms with van der Waals surface area (Å²) in [5, 5.41) is 8.83. The minimum atomic E-state index is 0.255. The van der Waals surface area contributed by atoms with E-state index in [9.17, 15) is 0 Å². The first-order valence-corrected chi connectivity index (χ1v) is 3.62. The lowest BCUT2D eigenvalue weighted by atomic mass is 9.97. The molecule has 1 saturated carbocycles. The number of hydrogen-bond donors (Lipinski definition) is 2. The van der Waals surface area contributed by atoms with Crippen molar-refractivity contribution < 1.29 is 5.11 Å². The van der Waals surface area contributed by atoms with Gasteiger partial charge in [-0.15, -0.1) is 0 Å². The van der Waals surface area contributed by atoms with Crippen molar-refractivity contribution >= 4 is 0 Å². The number of aliphatic hydroxyl groups excluding tert-OH is 1. The van der Waals surface area contributed by atoms with Gasteiger partial charge in [0.1, 0.15) is 0 Å². The van der Waals surface area contributed by atoms with E-state index in [2.05, 4.69) is 6.92 Å². The second-order valence-corrected chi connectivity index (χ2v) is 3.06. The van der Waals surface area contributed by atoms with Gasteiger partial charge in [-0.25, -0.2) is 0 Å². The van der Waals surface area contributed by atoms with E-state index in [0.717, 1.165) is 6.42 Å². The van der Waals surface area contributed by atoms with Gasteiger partial charge in [0, 0.05) is 12.6 Å². The maximum atomic E-state index is 8.83. The van der Waals surface area contributed by atoms with Crippen LogP contribution >= 0.6 is 0 Å². The van der Waals surface area contributed by atoms with Gasteiger partial charge in [0.25, 0.3) is 0 Å². The van der Waals surface area contributed by atoms with Crippen molar-refractivity contribution in [1.82, 2.24) is 0 Å². The molecular formula is C7H15NO. The highest BCUT2D eigenvalue weighted by Crippen LogP contribution is 2.29. The van der Waals surface area contributed by atoms with Gasteiger partial charge in [-0.1, -0.05) is 6.92 Å². The first-order chi connectivity index (χ1) is 4.25. The molecule has 1 rings (SSSR count). The highest BCUT2D eigenvalue weighted by Gasteiger charge is 2.29. The van der Waals surface area contributed by atoms with Crippen molar-refractivity contribution in [2.75, 3.05) is 6.61 Å². The van der Waals surface area contributed by atoms with Crippen molar-refractivity contribution in [3.05, 3.63) is 0 Å². The summed E-state index contributed by atoms with van der Waals surface area (Å²) in [6, 6.07) is 0.255. The molecule has 0 spiro atoms. The molecule has 2 nitrogen and oxygen atoms in total. The van der Waals surface area contributed by atoms with Crippen LogP contribution in [0.2, 0.25) is 0 Å². The van der Waals surface area contributed by atoms with E-state index in [0.29, 0.717) is 11.8 Å². The minimum Gasteiger partial charge on any atom is -0.396 e. The molecule has 0 amide bonds. The van der Waals surface area contributed by atoms with Crippen LogP contribution in [-0.2, 0) is 0 Å². The summed E-state index contributed by atoms with van der Waals surface area (Å²) in [6.45, 7) is 2.43. The van der Waals surface area contributed by atoms with Gasteiger partial charge in [0.15, 0.2) is 0 Å². The standard InChI is InChI=1S/C7H15NO/c1-5-2-3-7(8)6(5)4-9/h5-7,9H,2-4,8H2,1H3/t5-,6-,7-/m1/s1. The van der Waals surface area contributed by atoms with E-state index < -0.39 is 0 Å². The molecule has 1 fully saturated rings. The quantitative estimate of drug-likeness (QED) is 0.536. The van der Waals surface area contributed by atoms with Crippen LogP contribution in [0.15, 0.2) is 0 Å². The Labute approximate surface area is 56.1 Å². The third-order valence-corrected chi connectivity index (χ3v) is 2.45. The molecule has 3 atom stereocenters. The summed E-state index contributed by atoms with van der Waals surface area (Å²) >= 11 is 0. The van der Waals surface area contributed by atoms with Gasteiger partial charge in [-0.05, 0) is 24.7 Å². The van der Waals surface area contributed by atoms with Gasteiger partial charge in [-0.2, -0.15) is 0 Å². The predicted molar refractivity (Wildman–Crippen MR) is 36.9 cm³/mol. The average molecular weight is 129 g/mol. The number of rotatable bonds is 1. The number of nitrogens with two attached hydrogens (primary N) is 1. The van der Waals surface area contributed by atoms with Crippen molar-refractivity contribution in [3.8, 4) is 0 Å². The molecule has 1 aliphatic rings. The molecule has 0 aromatic heterocycles. The Morgan fingerprint density at radius 3 is 2.44 bits per heavy atom. The summed E-state index contributed by atoms with van der Waals surface area (Å²) in [6.07, 6.45) is 2.28. The largest absolute Gasteiger partial charge is 0.396 e. The molecule has 1 aliphatic carbocycles. The molecule has 0 bridgehead atoms. The fourth-order valence-electron chi connectivity index (χ4n) is 1.62. The molecule has 0 aliphatic heterocycles. The summed E-state index contributed by atoms with van der Waals surface area (Å²) < 4.78 is 0. The molecule has 2 heteroatoms. The Balaban J connectivity index is 2.44. The van der Waals surface area contributed by atoms with Crippen molar-refractivity contribution in [2.45, 2.75) is 25.8 Å². The summed E-state index contributed by atoms with van der Waals surface area (Å²) in [5.74, 6) is 0.995. The topological polar surface area (TPSA) is 46.2 Å². The molecule has 0 saturated heterocycles. The van der Waals surface area contributed by atoms with Gasteiger partial charge < -0.3 is 10.8 Å². The molecule has 54 valence electrons. The predicted octanol–water partition coefficient (Wildman–Crippen LogP) is 0.352. The van der Waals surface area contributed by atoms with E-state index in [1.807, 2.05) is 0 Å². The van der Waals surface area contributed by atoms with Crippen molar-refractivity contribution in [3.63, 3.8) is 0 Å². The number of aliphatic hydroxyl groups is 1. The highest BCUT2D eigenvalue weighted by molar-refractivity contribution is 4.84. The van der Waals surface area contributed by atoms with Gasteiger partial charge in [0.2, 0.25) is 0 Å². The molecule has 0 radical (unpaired) electrons. The van der Waals surface area contributed by atoms with E-state index >= 15 is 0 Å². The van der Waals surface area contributed by atoms with Crippen molar-refractivity contribution in [2.24, 2.45) is 17.6 Å². The second kappa shape index (κ2) is 2.67. The number of hydrogen-bond acceptors (Lipinski definition) is 2. The Hall–Kier alpha value is -0.0800. The third-order valence-electron chi connectivity index (χ3n) is 2.45. The molecule has 0 unspecified atom stereocenters. The Kier molecular flexibility index (Phi) is 2.09. The fourth-order valence-corrected chi connectivity index (χ4v) is 1.62. The molecule has 0 aromatic carbocycles. The molecule has 0 aromatic rings.